The third-order valence-corrected chi connectivity index (χ3v) is 4.46. The van der Waals surface area contributed by atoms with Gasteiger partial charge in [0.25, 0.3) is 0 Å². The van der Waals surface area contributed by atoms with Gasteiger partial charge in [0.2, 0.25) is 0 Å². The Kier molecular flexibility index (Phi) is 6.18. The smallest absolute Gasteiger partial charge is 0.407 e. The lowest BCUT2D eigenvalue weighted by Crippen LogP contribution is -2.45. The van der Waals surface area contributed by atoms with Crippen LogP contribution in [-0.2, 0) is 11.3 Å². The van der Waals surface area contributed by atoms with Crippen molar-refractivity contribution in [3.8, 4) is 0 Å². The van der Waals surface area contributed by atoms with Crippen molar-refractivity contribution >= 4 is 29.3 Å². The van der Waals surface area contributed by atoms with E-state index >= 15 is 0 Å². The van der Waals surface area contributed by atoms with Crippen molar-refractivity contribution in [1.29, 1.82) is 0 Å². The molecule has 0 radical (unpaired) electrons. The van der Waals surface area contributed by atoms with Crippen LogP contribution in [0.3, 0.4) is 0 Å². The second kappa shape index (κ2) is 7.73. The number of nitrogens with zero attached hydrogens (tertiary/aromatic N) is 1. The molecule has 0 saturated carbocycles. The van der Waals surface area contributed by atoms with Gasteiger partial charge in [-0.25, -0.2) is 4.79 Å². The van der Waals surface area contributed by atoms with Crippen LogP contribution >= 0.6 is 23.2 Å². The van der Waals surface area contributed by atoms with Crippen LogP contribution in [0.5, 0.6) is 0 Å². The van der Waals surface area contributed by atoms with Gasteiger partial charge in [-0.05, 0) is 45.7 Å². The number of nitrogens with one attached hydrogen (secondary N) is 1. The number of hydrogen-bond acceptors (Lipinski definition) is 3. The standard InChI is InChI=1S/C17H24Cl2N2O2/c1-17(2,3)23-16(22)20-12-7-9-21(10-8-12)11-13-14(18)5-4-6-15(13)19/h4-6,12H,7-11H2,1-3H3,(H,20,22). The highest BCUT2D eigenvalue weighted by molar-refractivity contribution is 6.35. The van der Waals surface area contributed by atoms with E-state index in [1.165, 1.54) is 0 Å². The van der Waals surface area contributed by atoms with Crippen molar-refractivity contribution in [1.82, 2.24) is 10.2 Å². The topological polar surface area (TPSA) is 41.6 Å². The van der Waals surface area contributed by atoms with Gasteiger partial charge in [-0.15, -0.1) is 0 Å². The monoisotopic (exact) mass is 358 g/mol. The van der Waals surface area contributed by atoms with Crippen LogP contribution in [-0.4, -0.2) is 35.7 Å². The van der Waals surface area contributed by atoms with E-state index < -0.39 is 5.60 Å². The number of alkyl carbamates (subject to hydrolysis) is 1. The molecule has 1 aromatic rings. The summed E-state index contributed by atoms with van der Waals surface area (Å²) >= 11 is 12.4. The number of likely N-dealkylation sites (tertiary alicyclic amines) is 1. The van der Waals surface area contributed by atoms with Crippen molar-refractivity contribution in [2.24, 2.45) is 0 Å². The van der Waals surface area contributed by atoms with E-state index in [0.29, 0.717) is 10.0 Å². The number of hydrogen-bond donors (Lipinski definition) is 1. The minimum absolute atomic E-state index is 0.155. The Labute approximate surface area is 148 Å². The van der Waals surface area contributed by atoms with Crippen LogP contribution in [0.15, 0.2) is 18.2 Å². The second-order valence-electron chi connectivity index (χ2n) is 6.90. The zero-order chi connectivity index (χ0) is 17.0. The van der Waals surface area contributed by atoms with Crippen LogP contribution in [0.1, 0.15) is 39.2 Å². The number of piperidine rings is 1. The molecule has 0 atom stereocenters. The SMILES string of the molecule is CC(C)(C)OC(=O)NC1CCN(Cc2c(Cl)cccc2Cl)CC1. The number of carbonyl (C=O) groups excluding carboxylic acids is 1. The number of carbonyl (C=O) groups is 1. The largest absolute Gasteiger partial charge is 0.444 e. The predicted molar refractivity (Wildman–Crippen MR) is 94.1 cm³/mol. The van der Waals surface area contributed by atoms with E-state index in [-0.39, 0.29) is 12.1 Å². The van der Waals surface area contributed by atoms with E-state index in [1.807, 2.05) is 39.0 Å². The first-order chi connectivity index (χ1) is 10.7. The molecule has 1 amide bonds. The molecule has 1 aliphatic rings. The molecule has 1 aliphatic heterocycles. The maximum Gasteiger partial charge on any atom is 0.407 e. The van der Waals surface area contributed by atoms with Crippen molar-refractivity contribution in [2.75, 3.05) is 13.1 Å². The van der Waals surface area contributed by atoms with Crippen molar-refractivity contribution < 1.29 is 9.53 Å². The first-order valence-electron chi connectivity index (χ1n) is 7.89. The normalized spacial score (nSPS) is 17.1. The molecule has 128 valence electrons. The average Bonchev–Trinajstić information content (AvgIpc) is 2.43. The Morgan fingerprint density at radius 2 is 1.83 bits per heavy atom. The lowest BCUT2D eigenvalue weighted by atomic mass is 10.0. The maximum atomic E-state index is 11.8. The fourth-order valence-electron chi connectivity index (χ4n) is 2.62. The predicted octanol–water partition coefficient (Wildman–Crippen LogP) is 4.48. The lowest BCUT2D eigenvalue weighted by Gasteiger charge is -2.33. The van der Waals surface area contributed by atoms with Crippen LogP contribution in [0.25, 0.3) is 0 Å². The Morgan fingerprint density at radius 3 is 2.35 bits per heavy atom. The number of ether oxygens (including phenoxy) is 1. The molecule has 0 bridgehead atoms. The van der Waals surface area contributed by atoms with E-state index in [9.17, 15) is 4.79 Å². The molecule has 1 saturated heterocycles. The summed E-state index contributed by atoms with van der Waals surface area (Å²) in [7, 11) is 0. The zero-order valence-corrected chi connectivity index (χ0v) is 15.4. The van der Waals surface area contributed by atoms with Gasteiger partial charge in [-0.3, -0.25) is 4.90 Å². The number of benzene rings is 1. The number of amides is 1. The summed E-state index contributed by atoms with van der Waals surface area (Å²) in [6.45, 7) is 8.11. The third kappa shape index (κ3) is 5.87. The summed E-state index contributed by atoms with van der Waals surface area (Å²) in [6.07, 6.45) is 1.44. The molecule has 1 aromatic carbocycles. The highest BCUT2D eigenvalue weighted by Crippen LogP contribution is 2.26. The molecule has 0 unspecified atom stereocenters. The molecule has 0 spiro atoms. The Morgan fingerprint density at radius 1 is 1.26 bits per heavy atom. The summed E-state index contributed by atoms with van der Waals surface area (Å²) in [5, 5.41) is 4.34. The van der Waals surface area contributed by atoms with Crippen LogP contribution in [0.2, 0.25) is 10.0 Å². The molecule has 0 aromatic heterocycles. The highest BCUT2D eigenvalue weighted by Gasteiger charge is 2.24. The van der Waals surface area contributed by atoms with Crippen LogP contribution in [0, 0.1) is 0 Å². The van der Waals surface area contributed by atoms with Crippen LogP contribution < -0.4 is 5.32 Å². The fourth-order valence-corrected chi connectivity index (χ4v) is 3.13. The van der Waals surface area contributed by atoms with Crippen molar-refractivity contribution in [3.05, 3.63) is 33.8 Å². The van der Waals surface area contributed by atoms with Crippen molar-refractivity contribution in [3.63, 3.8) is 0 Å². The van der Waals surface area contributed by atoms with Gasteiger partial charge >= 0.3 is 6.09 Å². The number of halogens is 2. The molecule has 1 heterocycles. The molecule has 1 N–H and O–H groups in total. The Balaban J connectivity index is 1.81. The molecule has 1 fully saturated rings. The molecular formula is C17H24Cl2N2O2. The summed E-state index contributed by atoms with van der Waals surface area (Å²) < 4.78 is 5.30. The third-order valence-electron chi connectivity index (χ3n) is 3.75. The van der Waals surface area contributed by atoms with E-state index in [2.05, 4.69) is 10.2 Å². The molecule has 23 heavy (non-hydrogen) atoms. The van der Waals surface area contributed by atoms with Gasteiger partial charge in [0, 0.05) is 41.3 Å². The molecule has 4 nitrogen and oxygen atoms in total. The van der Waals surface area contributed by atoms with Crippen molar-refractivity contribution in [2.45, 2.75) is 51.8 Å². The van der Waals surface area contributed by atoms with Gasteiger partial charge in [0.15, 0.2) is 0 Å². The Bertz CT molecular complexity index is 530. The first-order valence-corrected chi connectivity index (χ1v) is 8.65. The van der Waals surface area contributed by atoms with Gasteiger partial charge in [0.1, 0.15) is 5.60 Å². The maximum absolute atomic E-state index is 11.8. The minimum atomic E-state index is -0.467. The molecule has 6 heteroatoms. The minimum Gasteiger partial charge on any atom is -0.444 e. The summed E-state index contributed by atoms with van der Waals surface area (Å²) in [4.78, 5) is 14.1. The van der Waals surface area contributed by atoms with E-state index in [4.69, 9.17) is 27.9 Å². The fraction of sp³-hybridized carbons (Fsp3) is 0.588. The summed E-state index contributed by atoms with van der Waals surface area (Å²) in [5.74, 6) is 0. The summed E-state index contributed by atoms with van der Waals surface area (Å²) in [5.41, 5.74) is 0.500. The summed E-state index contributed by atoms with van der Waals surface area (Å²) in [6, 6.07) is 5.73. The molecule has 0 aliphatic carbocycles. The van der Waals surface area contributed by atoms with Gasteiger partial charge < -0.3 is 10.1 Å². The van der Waals surface area contributed by atoms with E-state index in [0.717, 1.165) is 38.0 Å². The second-order valence-corrected chi connectivity index (χ2v) is 7.71. The number of rotatable bonds is 3. The van der Waals surface area contributed by atoms with Crippen LogP contribution in [0.4, 0.5) is 4.79 Å². The Hall–Kier alpha value is -0.970. The van der Waals surface area contributed by atoms with Gasteiger partial charge in [-0.2, -0.15) is 0 Å². The first kappa shape index (κ1) is 18.4. The van der Waals surface area contributed by atoms with Gasteiger partial charge in [0.05, 0.1) is 0 Å². The average molecular weight is 359 g/mol. The highest BCUT2D eigenvalue weighted by atomic mass is 35.5. The lowest BCUT2D eigenvalue weighted by molar-refractivity contribution is 0.0477. The van der Waals surface area contributed by atoms with E-state index in [1.54, 1.807) is 0 Å². The molecular weight excluding hydrogens is 335 g/mol. The molecule has 2 rings (SSSR count). The van der Waals surface area contributed by atoms with Gasteiger partial charge in [-0.1, -0.05) is 29.3 Å². The zero-order valence-electron chi connectivity index (χ0n) is 13.9. The quantitative estimate of drug-likeness (QED) is 0.865.